The van der Waals surface area contributed by atoms with Crippen LogP contribution >= 0.6 is 11.6 Å². The van der Waals surface area contributed by atoms with Crippen LogP contribution in [-0.2, 0) is 6.42 Å². The molecule has 2 aromatic rings. The Hall–Kier alpha value is -1.38. The van der Waals surface area contributed by atoms with E-state index >= 15 is 0 Å². The molecule has 0 aromatic heterocycles. The third kappa shape index (κ3) is 2.71. The van der Waals surface area contributed by atoms with E-state index in [9.17, 15) is 4.39 Å². The van der Waals surface area contributed by atoms with Crippen molar-refractivity contribution >= 4 is 11.6 Å². The third-order valence-corrected chi connectivity index (χ3v) is 3.25. The Morgan fingerprint density at radius 3 is 2.67 bits per heavy atom. The summed E-state index contributed by atoms with van der Waals surface area (Å²) in [6.45, 7) is 2.08. The Morgan fingerprint density at radius 1 is 1.22 bits per heavy atom. The minimum absolute atomic E-state index is 0.364. The fourth-order valence-corrected chi connectivity index (χ4v) is 2.10. The summed E-state index contributed by atoms with van der Waals surface area (Å²) in [5.41, 5.74) is 8.68. The number of nitrogens with two attached hydrogens (primary N) is 1. The lowest BCUT2D eigenvalue weighted by atomic mass is 9.97. The first kappa shape index (κ1) is 13.1. The van der Waals surface area contributed by atoms with Gasteiger partial charge in [0.15, 0.2) is 0 Å². The molecule has 3 heteroatoms. The van der Waals surface area contributed by atoms with Gasteiger partial charge in [-0.2, -0.15) is 0 Å². The Balaban J connectivity index is 2.37. The SMILES string of the molecule is CCc1cccc(C(N)c2ccc(Cl)cc2F)c1. The number of hydrogen-bond donors (Lipinski definition) is 1. The van der Waals surface area contributed by atoms with Crippen molar-refractivity contribution in [1.82, 2.24) is 0 Å². The predicted molar refractivity (Wildman–Crippen MR) is 73.3 cm³/mol. The van der Waals surface area contributed by atoms with Crippen molar-refractivity contribution in [2.24, 2.45) is 5.73 Å². The van der Waals surface area contributed by atoms with Crippen LogP contribution in [0.3, 0.4) is 0 Å². The van der Waals surface area contributed by atoms with Crippen molar-refractivity contribution in [2.75, 3.05) is 0 Å². The fraction of sp³-hybridized carbons (Fsp3) is 0.200. The largest absolute Gasteiger partial charge is 0.320 e. The van der Waals surface area contributed by atoms with Crippen molar-refractivity contribution < 1.29 is 4.39 Å². The topological polar surface area (TPSA) is 26.0 Å². The van der Waals surface area contributed by atoms with Gasteiger partial charge in [0.05, 0.1) is 6.04 Å². The lowest BCUT2D eigenvalue weighted by molar-refractivity contribution is 0.599. The summed E-state index contributed by atoms with van der Waals surface area (Å²) in [4.78, 5) is 0. The first-order chi connectivity index (χ1) is 8.61. The molecule has 0 aliphatic carbocycles. The highest BCUT2D eigenvalue weighted by Gasteiger charge is 2.14. The molecule has 1 atom stereocenters. The van der Waals surface area contributed by atoms with Crippen LogP contribution < -0.4 is 5.73 Å². The third-order valence-electron chi connectivity index (χ3n) is 3.02. The summed E-state index contributed by atoms with van der Waals surface area (Å²) in [5, 5.41) is 0.380. The second-order valence-corrected chi connectivity index (χ2v) is 4.68. The maximum absolute atomic E-state index is 13.8. The molecule has 94 valence electrons. The van der Waals surface area contributed by atoms with Gasteiger partial charge >= 0.3 is 0 Å². The summed E-state index contributed by atoms with van der Waals surface area (Å²) in [6, 6.07) is 12.0. The highest BCUT2D eigenvalue weighted by molar-refractivity contribution is 6.30. The first-order valence-electron chi connectivity index (χ1n) is 5.91. The smallest absolute Gasteiger partial charge is 0.129 e. The van der Waals surface area contributed by atoms with Crippen LogP contribution in [0.25, 0.3) is 0 Å². The molecule has 2 N–H and O–H groups in total. The molecular weight excluding hydrogens is 249 g/mol. The lowest BCUT2D eigenvalue weighted by Gasteiger charge is -2.14. The van der Waals surface area contributed by atoms with Crippen molar-refractivity contribution in [2.45, 2.75) is 19.4 Å². The van der Waals surface area contributed by atoms with Gasteiger partial charge in [0.1, 0.15) is 5.82 Å². The molecule has 0 amide bonds. The van der Waals surface area contributed by atoms with Crippen LogP contribution in [0.1, 0.15) is 29.7 Å². The van der Waals surface area contributed by atoms with E-state index in [4.69, 9.17) is 17.3 Å². The van der Waals surface area contributed by atoms with Gasteiger partial charge in [-0.05, 0) is 29.7 Å². The molecule has 0 heterocycles. The number of hydrogen-bond acceptors (Lipinski definition) is 1. The zero-order chi connectivity index (χ0) is 13.1. The summed E-state index contributed by atoms with van der Waals surface area (Å²) >= 11 is 5.73. The highest BCUT2D eigenvalue weighted by Crippen LogP contribution is 2.25. The standard InChI is InChI=1S/C15H15ClFN/c1-2-10-4-3-5-11(8-10)15(18)13-7-6-12(16)9-14(13)17/h3-9,15H,2,18H2,1H3. The Bertz CT molecular complexity index is 554. The Morgan fingerprint density at radius 2 is 2.00 bits per heavy atom. The molecule has 0 saturated heterocycles. The van der Waals surface area contributed by atoms with Crippen molar-refractivity contribution in [3.63, 3.8) is 0 Å². The van der Waals surface area contributed by atoms with E-state index in [-0.39, 0.29) is 5.82 Å². The van der Waals surface area contributed by atoms with Gasteiger partial charge in [0.2, 0.25) is 0 Å². The first-order valence-corrected chi connectivity index (χ1v) is 6.29. The van der Waals surface area contributed by atoms with Gasteiger partial charge in [-0.1, -0.05) is 48.9 Å². The van der Waals surface area contributed by atoms with E-state index in [2.05, 4.69) is 6.92 Å². The van der Waals surface area contributed by atoms with Crippen molar-refractivity contribution in [1.29, 1.82) is 0 Å². The molecule has 2 aromatic carbocycles. The second-order valence-electron chi connectivity index (χ2n) is 4.24. The summed E-state index contributed by atoms with van der Waals surface area (Å²) in [6.07, 6.45) is 0.934. The maximum atomic E-state index is 13.8. The van der Waals surface area contributed by atoms with Crippen molar-refractivity contribution in [3.8, 4) is 0 Å². The molecule has 0 fully saturated rings. The van der Waals surface area contributed by atoms with Crippen LogP contribution in [-0.4, -0.2) is 0 Å². The van der Waals surface area contributed by atoms with Crippen LogP contribution in [0.2, 0.25) is 5.02 Å². The normalized spacial score (nSPS) is 12.4. The summed E-state index contributed by atoms with van der Waals surface area (Å²) < 4.78 is 13.8. The van der Waals surface area contributed by atoms with Gasteiger partial charge < -0.3 is 5.73 Å². The molecule has 0 spiro atoms. The predicted octanol–water partition coefficient (Wildman–Crippen LogP) is 4.09. The quantitative estimate of drug-likeness (QED) is 0.887. The average molecular weight is 264 g/mol. The molecule has 0 bridgehead atoms. The molecule has 1 unspecified atom stereocenters. The highest BCUT2D eigenvalue weighted by atomic mass is 35.5. The van der Waals surface area contributed by atoms with Gasteiger partial charge in [-0.3, -0.25) is 0 Å². The molecule has 0 saturated carbocycles. The summed E-state index contributed by atoms with van der Waals surface area (Å²) in [5.74, 6) is -0.364. The number of benzene rings is 2. The molecule has 0 aliphatic rings. The number of rotatable bonds is 3. The van der Waals surface area contributed by atoms with E-state index in [1.807, 2.05) is 24.3 Å². The molecule has 2 rings (SSSR count). The Kier molecular flexibility index (Phi) is 4.00. The van der Waals surface area contributed by atoms with E-state index in [0.717, 1.165) is 12.0 Å². The van der Waals surface area contributed by atoms with Gasteiger partial charge in [-0.25, -0.2) is 4.39 Å². The van der Waals surface area contributed by atoms with Gasteiger partial charge in [0.25, 0.3) is 0 Å². The minimum Gasteiger partial charge on any atom is -0.320 e. The fourth-order valence-electron chi connectivity index (χ4n) is 1.94. The minimum atomic E-state index is -0.464. The van der Waals surface area contributed by atoms with Crippen LogP contribution in [0, 0.1) is 5.82 Å². The number of aryl methyl sites for hydroxylation is 1. The molecule has 0 aliphatic heterocycles. The molecule has 18 heavy (non-hydrogen) atoms. The van der Waals surface area contributed by atoms with Crippen LogP contribution in [0.15, 0.2) is 42.5 Å². The summed E-state index contributed by atoms with van der Waals surface area (Å²) in [7, 11) is 0. The van der Waals surface area contributed by atoms with Crippen molar-refractivity contribution in [3.05, 3.63) is 70.0 Å². The lowest BCUT2D eigenvalue weighted by Crippen LogP contribution is -2.13. The second kappa shape index (κ2) is 5.51. The zero-order valence-electron chi connectivity index (χ0n) is 10.2. The number of halogens is 2. The van der Waals surface area contributed by atoms with E-state index in [1.54, 1.807) is 12.1 Å². The zero-order valence-corrected chi connectivity index (χ0v) is 10.9. The Labute approximate surface area is 111 Å². The van der Waals surface area contributed by atoms with Crippen LogP contribution in [0.5, 0.6) is 0 Å². The van der Waals surface area contributed by atoms with E-state index in [1.165, 1.54) is 11.6 Å². The monoisotopic (exact) mass is 263 g/mol. The van der Waals surface area contributed by atoms with E-state index < -0.39 is 6.04 Å². The molecule has 1 nitrogen and oxygen atoms in total. The average Bonchev–Trinajstić information content (AvgIpc) is 2.38. The van der Waals surface area contributed by atoms with E-state index in [0.29, 0.717) is 10.6 Å². The molecular formula is C15H15ClFN. The van der Waals surface area contributed by atoms with Crippen LogP contribution in [0.4, 0.5) is 4.39 Å². The molecule has 0 radical (unpaired) electrons. The van der Waals surface area contributed by atoms with Gasteiger partial charge in [-0.15, -0.1) is 0 Å². The van der Waals surface area contributed by atoms with Gasteiger partial charge in [0, 0.05) is 10.6 Å². The maximum Gasteiger partial charge on any atom is 0.129 e.